The first-order valence-electron chi connectivity index (χ1n) is 5.75. The van der Waals surface area contributed by atoms with Gasteiger partial charge in [-0.25, -0.2) is 0 Å². The molecule has 0 aromatic heterocycles. The molecule has 1 saturated heterocycles. The van der Waals surface area contributed by atoms with Crippen LogP contribution in [0.3, 0.4) is 0 Å². The maximum absolute atomic E-state index is 12.4. The molecule has 0 spiro atoms. The van der Waals surface area contributed by atoms with Crippen molar-refractivity contribution in [2.24, 2.45) is 5.73 Å². The molecular formula is C12H12ClN3O2. The van der Waals surface area contributed by atoms with Crippen molar-refractivity contribution in [2.75, 3.05) is 11.9 Å². The molecule has 18 heavy (non-hydrogen) atoms. The first-order valence-corrected chi connectivity index (χ1v) is 6.12. The maximum Gasteiger partial charge on any atom is 0.256 e. The number of rotatable bonds is 0. The summed E-state index contributed by atoms with van der Waals surface area (Å²) < 4.78 is 0. The summed E-state index contributed by atoms with van der Waals surface area (Å²) in [5.41, 5.74) is 6.82. The molecule has 0 aliphatic carbocycles. The second kappa shape index (κ2) is 3.96. The number of carbonyl (C=O) groups excluding carboxylic acids is 2. The number of benzene rings is 1. The number of nitrogens with one attached hydrogen (secondary N) is 1. The molecule has 0 unspecified atom stereocenters. The lowest BCUT2D eigenvalue weighted by Crippen LogP contribution is -2.48. The minimum Gasteiger partial charge on any atom is -0.325 e. The van der Waals surface area contributed by atoms with Gasteiger partial charge in [0.1, 0.15) is 6.04 Å². The highest BCUT2D eigenvalue weighted by atomic mass is 35.5. The Balaban J connectivity index is 2.11. The highest BCUT2D eigenvalue weighted by Gasteiger charge is 2.43. The Morgan fingerprint density at radius 3 is 2.94 bits per heavy atom. The number of fused-ring (bicyclic) bond motifs is 2. The van der Waals surface area contributed by atoms with Gasteiger partial charge in [0, 0.05) is 17.6 Å². The molecule has 3 N–H and O–H groups in total. The van der Waals surface area contributed by atoms with Crippen LogP contribution in [-0.4, -0.2) is 35.3 Å². The zero-order valence-corrected chi connectivity index (χ0v) is 10.3. The SMILES string of the molecule is N[C@H]1CCN2C(=O)c3ccc(Cl)cc3NC(=O)[C@H]12. The third-order valence-electron chi connectivity index (χ3n) is 3.44. The van der Waals surface area contributed by atoms with Crippen molar-refractivity contribution in [1.82, 2.24) is 4.90 Å². The second-order valence-corrected chi connectivity index (χ2v) is 5.01. The van der Waals surface area contributed by atoms with Gasteiger partial charge < -0.3 is 16.0 Å². The summed E-state index contributed by atoms with van der Waals surface area (Å²) in [6.45, 7) is 0.514. The highest BCUT2D eigenvalue weighted by molar-refractivity contribution is 6.31. The summed E-state index contributed by atoms with van der Waals surface area (Å²) in [6.07, 6.45) is 0.646. The van der Waals surface area contributed by atoms with Crippen LogP contribution in [0, 0.1) is 0 Å². The van der Waals surface area contributed by atoms with Crippen molar-refractivity contribution in [3.05, 3.63) is 28.8 Å². The van der Waals surface area contributed by atoms with E-state index in [-0.39, 0.29) is 17.9 Å². The number of halogens is 1. The highest BCUT2D eigenvalue weighted by Crippen LogP contribution is 2.29. The quantitative estimate of drug-likeness (QED) is 0.730. The molecule has 2 atom stereocenters. The van der Waals surface area contributed by atoms with Crippen LogP contribution in [0.2, 0.25) is 5.02 Å². The minimum absolute atomic E-state index is 0.169. The fourth-order valence-corrected chi connectivity index (χ4v) is 2.72. The molecule has 0 saturated carbocycles. The number of nitrogens with two attached hydrogens (primary N) is 1. The lowest BCUT2D eigenvalue weighted by atomic mass is 10.1. The standard InChI is InChI=1S/C12H12ClN3O2/c13-6-1-2-7-9(5-6)15-11(17)10-8(14)3-4-16(10)12(7)18/h1-2,5,8,10H,3-4,14H2,(H,15,17)/t8-,10-/m0/s1. The molecule has 6 heteroatoms. The van der Waals surface area contributed by atoms with Crippen molar-refractivity contribution in [3.8, 4) is 0 Å². The van der Waals surface area contributed by atoms with Gasteiger partial charge in [-0.1, -0.05) is 11.6 Å². The molecule has 5 nitrogen and oxygen atoms in total. The predicted octanol–water partition coefficient (Wildman–Crippen LogP) is 0.834. The normalized spacial score (nSPS) is 26.4. The molecule has 1 fully saturated rings. The minimum atomic E-state index is -0.580. The van der Waals surface area contributed by atoms with Crippen LogP contribution in [0.1, 0.15) is 16.8 Å². The van der Waals surface area contributed by atoms with E-state index in [1.54, 1.807) is 23.1 Å². The van der Waals surface area contributed by atoms with Crippen LogP contribution in [0.25, 0.3) is 0 Å². The molecule has 2 heterocycles. The molecule has 3 rings (SSSR count). The fourth-order valence-electron chi connectivity index (χ4n) is 2.55. The van der Waals surface area contributed by atoms with Crippen molar-refractivity contribution >= 4 is 29.1 Å². The van der Waals surface area contributed by atoms with E-state index < -0.39 is 6.04 Å². The van der Waals surface area contributed by atoms with E-state index in [2.05, 4.69) is 5.32 Å². The Hall–Kier alpha value is -1.59. The Morgan fingerprint density at radius 1 is 1.39 bits per heavy atom. The zero-order valence-electron chi connectivity index (χ0n) is 9.52. The summed E-state index contributed by atoms with van der Waals surface area (Å²) >= 11 is 5.87. The van der Waals surface area contributed by atoms with Crippen molar-refractivity contribution < 1.29 is 9.59 Å². The van der Waals surface area contributed by atoms with Crippen LogP contribution in [0.4, 0.5) is 5.69 Å². The third-order valence-corrected chi connectivity index (χ3v) is 3.68. The summed E-state index contributed by atoms with van der Waals surface area (Å²) in [5.74, 6) is -0.410. The number of hydrogen-bond donors (Lipinski definition) is 2. The average Bonchev–Trinajstić information content (AvgIpc) is 2.66. The first-order chi connectivity index (χ1) is 8.58. The van der Waals surface area contributed by atoms with Gasteiger partial charge in [-0.15, -0.1) is 0 Å². The molecule has 2 amide bonds. The third kappa shape index (κ3) is 1.59. The molecule has 1 aromatic carbocycles. The molecule has 0 bridgehead atoms. The lowest BCUT2D eigenvalue weighted by molar-refractivity contribution is -0.119. The van der Waals surface area contributed by atoms with Gasteiger partial charge in [0.15, 0.2) is 0 Å². The largest absolute Gasteiger partial charge is 0.325 e. The lowest BCUT2D eigenvalue weighted by Gasteiger charge is -2.22. The van der Waals surface area contributed by atoms with E-state index in [1.807, 2.05) is 0 Å². The Bertz CT molecular complexity index is 546. The molecule has 2 aliphatic rings. The zero-order chi connectivity index (χ0) is 12.9. The first kappa shape index (κ1) is 11.5. The van der Waals surface area contributed by atoms with Gasteiger partial charge >= 0.3 is 0 Å². The van der Waals surface area contributed by atoms with Crippen molar-refractivity contribution in [2.45, 2.75) is 18.5 Å². The number of amides is 2. The second-order valence-electron chi connectivity index (χ2n) is 4.58. The summed E-state index contributed by atoms with van der Waals surface area (Å²) in [7, 11) is 0. The Labute approximate surface area is 109 Å². The van der Waals surface area contributed by atoms with Crippen molar-refractivity contribution in [3.63, 3.8) is 0 Å². The molecule has 0 radical (unpaired) electrons. The van der Waals surface area contributed by atoms with Crippen molar-refractivity contribution in [1.29, 1.82) is 0 Å². The monoisotopic (exact) mass is 265 g/mol. The smallest absolute Gasteiger partial charge is 0.256 e. The maximum atomic E-state index is 12.4. The number of nitrogens with zero attached hydrogens (tertiary/aromatic N) is 1. The fraction of sp³-hybridized carbons (Fsp3) is 0.333. The van der Waals surface area contributed by atoms with Crippen LogP contribution >= 0.6 is 11.6 Å². The van der Waals surface area contributed by atoms with E-state index in [0.717, 1.165) is 0 Å². The van der Waals surface area contributed by atoms with E-state index in [1.165, 1.54) is 0 Å². The number of carbonyl (C=O) groups is 2. The topological polar surface area (TPSA) is 75.4 Å². The van der Waals surface area contributed by atoms with Crippen LogP contribution in [0.15, 0.2) is 18.2 Å². The van der Waals surface area contributed by atoms with E-state index >= 15 is 0 Å². The van der Waals surface area contributed by atoms with Crippen LogP contribution in [-0.2, 0) is 4.79 Å². The Morgan fingerprint density at radius 2 is 2.17 bits per heavy atom. The molecule has 2 aliphatic heterocycles. The van der Waals surface area contributed by atoms with Gasteiger partial charge in [0.25, 0.3) is 5.91 Å². The molecular weight excluding hydrogens is 254 g/mol. The van der Waals surface area contributed by atoms with Gasteiger partial charge in [0.05, 0.1) is 11.3 Å². The van der Waals surface area contributed by atoms with E-state index in [0.29, 0.717) is 29.2 Å². The number of hydrogen-bond acceptors (Lipinski definition) is 3. The van der Waals surface area contributed by atoms with Gasteiger partial charge in [-0.05, 0) is 24.6 Å². The summed E-state index contributed by atoms with van der Waals surface area (Å²) in [5, 5.41) is 3.21. The molecule has 94 valence electrons. The average molecular weight is 266 g/mol. The van der Waals surface area contributed by atoms with Crippen LogP contribution < -0.4 is 11.1 Å². The molecule has 1 aromatic rings. The number of anilines is 1. The predicted molar refractivity (Wildman–Crippen MR) is 67.5 cm³/mol. The van der Waals surface area contributed by atoms with Gasteiger partial charge in [-0.2, -0.15) is 0 Å². The summed E-state index contributed by atoms with van der Waals surface area (Å²) in [4.78, 5) is 26.0. The van der Waals surface area contributed by atoms with E-state index in [4.69, 9.17) is 17.3 Å². The van der Waals surface area contributed by atoms with Gasteiger partial charge in [0.2, 0.25) is 5.91 Å². The van der Waals surface area contributed by atoms with Crippen LogP contribution in [0.5, 0.6) is 0 Å². The van der Waals surface area contributed by atoms with E-state index in [9.17, 15) is 9.59 Å². The Kier molecular flexibility index (Phi) is 2.53. The van der Waals surface area contributed by atoms with Gasteiger partial charge in [-0.3, -0.25) is 9.59 Å². The summed E-state index contributed by atoms with van der Waals surface area (Å²) in [6, 6.07) is 3.97.